The van der Waals surface area contributed by atoms with E-state index in [2.05, 4.69) is 31.9 Å². The topological polar surface area (TPSA) is 57.6 Å². The third-order valence-electron chi connectivity index (χ3n) is 2.90. The maximum atomic E-state index is 6.28. The van der Waals surface area contributed by atoms with Crippen LogP contribution < -0.4 is 15.2 Å². The van der Waals surface area contributed by atoms with Crippen molar-refractivity contribution in [1.29, 1.82) is 0 Å². The molecule has 1 aromatic heterocycles. The summed E-state index contributed by atoms with van der Waals surface area (Å²) in [5.41, 5.74) is 7.16. The molecule has 114 valence electrons. The molecule has 1 unspecified atom stereocenters. The highest BCUT2D eigenvalue weighted by atomic mass is 79.9. The first-order valence-corrected chi connectivity index (χ1v) is 8.25. The fraction of sp³-hybridized carbons (Fsp3) is 0.333. The number of benzene rings is 1. The molecule has 2 N–H and O–H groups in total. The molecule has 4 nitrogen and oxygen atoms in total. The predicted molar refractivity (Wildman–Crippen MR) is 88.9 cm³/mol. The molecule has 0 aliphatic heterocycles. The summed E-state index contributed by atoms with van der Waals surface area (Å²) in [5.74, 6) is 2.05. The van der Waals surface area contributed by atoms with Crippen molar-refractivity contribution < 1.29 is 13.9 Å². The van der Waals surface area contributed by atoms with Crippen molar-refractivity contribution in [3.05, 3.63) is 44.7 Å². The summed E-state index contributed by atoms with van der Waals surface area (Å²) in [4.78, 5) is 0. The lowest BCUT2D eigenvalue weighted by molar-refractivity contribution is 0.287. The summed E-state index contributed by atoms with van der Waals surface area (Å²) in [6.45, 7) is 5.00. The van der Waals surface area contributed by atoms with Gasteiger partial charge in [-0.15, -0.1) is 0 Å². The number of rotatable bonds is 6. The van der Waals surface area contributed by atoms with Gasteiger partial charge in [0, 0.05) is 4.47 Å². The quantitative estimate of drug-likeness (QED) is 0.741. The number of halogens is 2. The van der Waals surface area contributed by atoms with E-state index >= 15 is 0 Å². The van der Waals surface area contributed by atoms with E-state index in [0.29, 0.717) is 35.1 Å². The average molecular weight is 419 g/mol. The summed E-state index contributed by atoms with van der Waals surface area (Å²) in [5, 5.41) is 0. The summed E-state index contributed by atoms with van der Waals surface area (Å²) < 4.78 is 18.3. The van der Waals surface area contributed by atoms with Crippen molar-refractivity contribution in [2.75, 3.05) is 13.2 Å². The molecule has 0 saturated heterocycles. The summed E-state index contributed by atoms with van der Waals surface area (Å²) in [7, 11) is 0. The van der Waals surface area contributed by atoms with Crippen molar-refractivity contribution in [3.63, 3.8) is 0 Å². The van der Waals surface area contributed by atoms with Crippen molar-refractivity contribution >= 4 is 31.9 Å². The molecule has 0 amide bonds. The Morgan fingerprint density at radius 3 is 2.24 bits per heavy atom. The van der Waals surface area contributed by atoms with E-state index in [9.17, 15) is 0 Å². The van der Waals surface area contributed by atoms with Gasteiger partial charge in [-0.3, -0.25) is 0 Å². The Labute approximate surface area is 140 Å². The van der Waals surface area contributed by atoms with Crippen LogP contribution in [0.2, 0.25) is 0 Å². The van der Waals surface area contributed by atoms with E-state index in [1.165, 1.54) is 0 Å². The van der Waals surface area contributed by atoms with E-state index in [4.69, 9.17) is 19.6 Å². The SMILES string of the molecule is CCOc1cc(Br)c(C(N)c2ccc(Br)o2)cc1OCC. The molecule has 2 aromatic rings. The first-order valence-electron chi connectivity index (χ1n) is 6.66. The van der Waals surface area contributed by atoms with E-state index in [-0.39, 0.29) is 6.04 Å². The Bertz CT molecular complexity index is 613. The van der Waals surface area contributed by atoms with Gasteiger partial charge in [-0.25, -0.2) is 0 Å². The Balaban J connectivity index is 2.40. The van der Waals surface area contributed by atoms with E-state index < -0.39 is 0 Å². The first kappa shape index (κ1) is 16.4. The van der Waals surface area contributed by atoms with Crippen molar-refractivity contribution in [2.24, 2.45) is 5.73 Å². The van der Waals surface area contributed by atoms with Crippen LogP contribution in [0.3, 0.4) is 0 Å². The molecule has 21 heavy (non-hydrogen) atoms. The fourth-order valence-corrected chi connectivity index (χ4v) is 2.86. The molecule has 1 heterocycles. The molecular weight excluding hydrogens is 402 g/mol. The summed E-state index contributed by atoms with van der Waals surface area (Å²) in [6, 6.07) is 7.04. The number of hydrogen-bond acceptors (Lipinski definition) is 4. The highest BCUT2D eigenvalue weighted by Crippen LogP contribution is 2.38. The monoisotopic (exact) mass is 417 g/mol. The van der Waals surface area contributed by atoms with Crippen LogP contribution in [0.15, 0.2) is 37.8 Å². The number of furan rings is 1. The van der Waals surface area contributed by atoms with Crippen molar-refractivity contribution in [2.45, 2.75) is 19.9 Å². The molecule has 1 aromatic carbocycles. The molecule has 2 rings (SSSR count). The van der Waals surface area contributed by atoms with Crippen molar-refractivity contribution in [3.8, 4) is 11.5 Å². The van der Waals surface area contributed by atoms with Crippen LogP contribution in [0.1, 0.15) is 31.2 Å². The highest BCUT2D eigenvalue weighted by molar-refractivity contribution is 9.10. The maximum Gasteiger partial charge on any atom is 0.169 e. The molecule has 0 radical (unpaired) electrons. The standard InChI is InChI=1S/C15H17Br2NO3/c1-3-19-12-7-9(10(16)8-13(12)20-4-2)15(18)11-5-6-14(17)21-11/h5-8,15H,3-4,18H2,1-2H3. The van der Waals surface area contributed by atoms with Crippen LogP contribution in [0.25, 0.3) is 0 Å². The number of nitrogens with two attached hydrogens (primary N) is 1. The van der Waals surface area contributed by atoms with Gasteiger partial charge in [0.15, 0.2) is 16.2 Å². The van der Waals surface area contributed by atoms with Crippen LogP contribution >= 0.6 is 31.9 Å². The minimum atomic E-state index is -0.388. The third kappa shape index (κ3) is 3.81. The smallest absolute Gasteiger partial charge is 0.169 e. The van der Waals surface area contributed by atoms with Gasteiger partial charge in [-0.05, 0) is 59.6 Å². The Morgan fingerprint density at radius 2 is 1.71 bits per heavy atom. The Hall–Kier alpha value is -0.980. The minimum Gasteiger partial charge on any atom is -0.490 e. The second-order valence-electron chi connectivity index (χ2n) is 4.31. The number of ether oxygens (including phenoxy) is 2. The molecule has 0 aliphatic rings. The second-order valence-corrected chi connectivity index (χ2v) is 5.94. The molecular formula is C15H17Br2NO3. The zero-order valence-electron chi connectivity index (χ0n) is 11.9. The van der Waals surface area contributed by atoms with Crippen LogP contribution in [0.5, 0.6) is 11.5 Å². The molecule has 0 aliphatic carbocycles. The van der Waals surface area contributed by atoms with Crippen molar-refractivity contribution in [1.82, 2.24) is 0 Å². The van der Waals surface area contributed by atoms with Crippen LogP contribution in [-0.2, 0) is 0 Å². The average Bonchev–Trinajstić information content (AvgIpc) is 2.88. The summed E-state index contributed by atoms with van der Waals surface area (Å²) in [6.07, 6.45) is 0. The van der Waals surface area contributed by atoms with Gasteiger partial charge >= 0.3 is 0 Å². The first-order chi connectivity index (χ1) is 10.1. The van der Waals surface area contributed by atoms with Gasteiger partial charge in [-0.1, -0.05) is 15.9 Å². The lowest BCUT2D eigenvalue weighted by Gasteiger charge is -2.17. The third-order valence-corrected chi connectivity index (χ3v) is 4.01. The van der Waals surface area contributed by atoms with Gasteiger partial charge in [0.25, 0.3) is 0 Å². The lowest BCUT2D eigenvalue weighted by atomic mass is 10.0. The summed E-state index contributed by atoms with van der Waals surface area (Å²) >= 11 is 6.82. The molecule has 0 spiro atoms. The van der Waals surface area contributed by atoms with E-state index in [1.807, 2.05) is 38.1 Å². The Kier molecular flexibility index (Phi) is 5.72. The van der Waals surface area contributed by atoms with E-state index in [0.717, 1.165) is 10.0 Å². The Morgan fingerprint density at radius 1 is 1.10 bits per heavy atom. The zero-order chi connectivity index (χ0) is 15.4. The molecule has 6 heteroatoms. The fourth-order valence-electron chi connectivity index (χ4n) is 1.97. The second kappa shape index (κ2) is 7.33. The highest BCUT2D eigenvalue weighted by Gasteiger charge is 2.19. The maximum absolute atomic E-state index is 6.28. The van der Waals surface area contributed by atoms with Gasteiger partial charge < -0.3 is 19.6 Å². The van der Waals surface area contributed by atoms with Gasteiger partial charge in [0.05, 0.1) is 19.3 Å². The van der Waals surface area contributed by atoms with Gasteiger partial charge in [0.1, 0.15) is 5.76 Å². The molecule has 0 fully saturated rings. The largest absolute Gasteiger partial charge is 0.490 e. The number of hydrogen-bond donors (Lipinski definition) is 1. The predicted octanol–water partition coefficient (Wildman–Crippen LogP) is 4.65. The van der Waals surface area contributed by atoms with Crippen LogP contribution in [0.4, 0.5) is 0 Å². The molecule has 1 atom stereocenters. The normalized spacial score (nSPS) is 12.2. The van der Waals surface area contributed by atoms with Gasteiger partial charge in [-0.2, -0.15) is 0 Å². The molecule has 0 saturated carbocycles. The van der Waals surface area contributed by atoms with Gasteiger partial charge in [0.2, 0.25) is 0 Å². The zero-order valence-corrected chi connectivity index (χ0v) is 15.0. The minimum absolute atomic E-state index is 0.388. The van der Waals surface area contributed by atoms with Crippen LogP contribution in [-0.4, -0.2) is 13.2 Å². The van der Waals surface area contributed by atoms with E-state index in [1.54, 1.807) is 0 Å². The molecule has 0 bridgehead atoms. The lowest BCUT2D eigenvalue weighted by Crippen LogP contribution is -2.12. The van der Waals surface area contributed by atoms with Crippen LogP contribution in [0, 0.1) is 0 Å².